The maximum atomic E-state index is 12.6. The molecule has 0 bridgehead atoms. The van der Waals surface area contributed by atoms with Gasteiger partial charge in [0.05, 0.1) is 17.7 Å². The van der Waals surface area contributed by atoms with Crippen molar-refractivity contribution in [2.45, 2.75) is 11.8 Å². The molecule has 138 valence electrons. The zero-order valence-corrected chi connectivity index (χ0v) is 15.9. The lowest BCUT2D eigenvalue weighted by Crippen LogP contribution is -2.21. The van der Waals surface area contributed by atoms with Gasteiger partial charge in [0.1, 0.15) is 5.75 Å². The van der Waals surface area contributed by atoms with Gasteiger partial charge in [-0.1, -0.05) is 48.0 Å². The Morgan fingerprint density at radius 1 is 0.852 bits per heavy atom. The molecule has 0 fully saturated rings. The fourth-order valence-corrected chi connectivity index (χ4v) is 3.33. The lowest BCUT2D eigenvalue weighted by atomic mass is 10.0. The number of hydrogen-bond acceptors (Lipinski definition) is 4. The first kappa shape index (κ1) is 18.7. The summed E-state index contributed by atoms with van der Waals surface area (Å²) in [6, 6.07) is 23.3. The first-order valence-corrected chi connectivity index (χ1v) is 9.84. The van der Waals surface area contributed by atoms with E-state index in [1.807, 2.05) is 61.5 Å². The maximum absolute atomic E-state index is 12.6. The molecule has 0 spiro atoms. The molecule has 1 N–H and O–H groups in total. The molecule has 3 rings (SSSR count). The molecule has 6 heteroatoms. The number of aryl methyl sites for hydroxylation is 1. The Morgan fingerprint density at radius 3 is 2.04 bits per heavy atom. The Morgan fingerprint density at radius 2 is 1.44 bits per heavy atom. The predicted octanol–water partition coefficient (Wildman–Crippen LogP) is 3.73. The van der Waals surface area contributed by atoms with Crippen molar-refractivity contribution in [3.05, 3.63) is 95.6 Å². The molecule has 0 radical (unpaired) electrons. The molecule has 0 heterocycles. The van der Waals surface area contributed by atoms with Gasteiger partial charge in [-0.05, 0) is 43.3 Å². The second-order valence-electron chi connectivity index (χ2n) is 5.96. The first-order chi connectivity index (χ1) is 13.0. The Kier molecular flexibility index (Phi) is 5.57. The van der Waals surface area contributed by atoms with E-state index in [1.54, 1.807) is 31.4 Å². The minimum atomic E-state index is -3.76. The standard InChI is InChI=1S/C21H20N2O3S/c1-16-8-14-20(15-9-16)27(24,25)23-22-21(17-6-4-3-5-7-17)18-10-12-19(26-2)13-11-18/h3-15,23H,1-2H3/b22-21+. The summed E-state index contributed by atoms with van der Waals surface area (Å²) in [4.78, 5) is 2.52. The summed E-state index contributed by atoms with van der Waals surface area (Å²) in [5.74, 6) is 0.714. The Hall–Kier alpha value is -3.12. The molecule has 0 saturated carbocycles. The molecular formula is C21H20N2O3S. The van der Waals surface area contributed by atoms with Crippen molar-refractivity contribution in [1.82, 2.24) is 4.83 Å². The number of nitrogens with one attached hydrogen (secondary N) is 1. The van der Waals surface area contributed by atoms with E-state index in [0.29, 0.717) is 11.5 Å². The van der Waals surface area contributed by atoms with Crippen molar-refractivity contribution >= 4 is 15.7 Å². The van der Waals surface area contributed by atoms with Crippen LogP contribution < -0.4 is 9.57 Å². The van der Waals surface area contributed by atoms with Gasteiger partial charge in [-0.15, -0.1) is 0 Å². The topological polar surface area (TPSA) is 67.8 Å². The summed E-state index contributed by atoms with van der Waals surface area (Å²) in [6.07, 6.45) is 0. The summed E-state index contributed by atoms with van der Waals surface area (Å²) in [5.41, 5.74) is 3.08. The van der Waals surface area contributed by atoms with E-state index in [9.17, 15) is 8.42 Å². The van der Waals surface area contributed by atoms with Crippen LogP contribution in [0.2, 0.25) is 0 Å². The molecule has 5 nitrogen and oxygen atoms in total. The van der Waals surface area contributed by atoms with Crippen molar-refractivity contribution in [2.24, 2.45) is 5.10 Å². The van der Waals surface area contributed by atoms with Crippen LogP contribution in [0.15, 0.2) is 88.9 Å². The predicted molar refractivity (Wildman–Crippen MR) is 107 cm³/mol. The largest absolute Gasteiger partial charge is 0.497 e. The Balaban J connectivity index is 1.98. The Bertz CT molecular complexity index is 1030. The number of hydrogen-bond donors (Lipinski definition) is 1. The number of methoxy groups -OCH3 is 1. The number of hydrazone groups is 1. The van der Waals surface area contributed by atoms with E-state index in [4.69, 9.17) is 4.74 Å². The molecule has 0 aliphatic heterocycles. The van der Waals surface area contributed by atoms with E-state index >= 15 is 0 Å². The Labute approximate surface area is 159 Å². The minimum absolute atomic E-state index is 0.166. The van der Waals surface area contributed by atoms with E-state index in [1.165, 1.54) is 0 Å². The third-order valence-electron chi connectivity index (χ3n) is 4.02. The second-order valence-corrected chi connectivity index (χ2v) is 7.62. The van der Waals surface area contributed by atoms with Crippen LogP contribution in [0.25, 0.3) is 0 Å². The molecule has 0 atom stereocenters. The van der Waals surface area contributed by atoms with Crippen LogP contribution in [-0.4, -0.2) is 21.2 Å². The van der Waals surface area contributed by atoms with Crippen LogP contribution >= 0.6 is 0 Å². The molecule has 27 heavy (non-hydrogen) atoms. The molecule has 3 aromatic carbocycles. The third-order valence-corrected chi connectivity index (χ3v) is 5.24. The van der Waals surface area contributed by atoms with Crippen LogP contribution in [0.1, 0.15) is 16.7 Å². The molecule has 0 aliphatic carbocycles. The van der Waals surface area contributed by atoms with Gasteiger partial charge in [0.15, 0.2) is 0 Å². The number of rotatable bonds is 6. The van der Waals surface area contributed by atoms with Crippen molar-refractivity contribution < 1.29 is 13.2 Å². The van der Waals surface area contributed by atoms with Crippen LogP contribution in [0.5, 0.6) is 5.75 Å². The van der Waals surface area contributed by atoms with Gasteiger partial charge in [0, 0.05) is 11.1 Å². The highest BCUT2D eigenvalue weighted by Crippen LogP contribution is 2.16. The summed E-state index contributed by atoms with van der Waals surface area (Å²) < 4.78 is 30.3. The van der Waals surface area contributed by atoms with Crippen LogP contribution in [0, 0.1) is 6.92 Å². The fraction of sp³-hybridized carbons (Fsp3) is 0.0952. The lowest BCUT2D eigenvalue weighted by molar-refractivity contribution is 0.415. The van der Waals surface area contributed by atoms with Gasteiger partial charge < -0.3 is 4.74 Å². The average molecular weight is 380 g/mol. The molecule has 0 saturated heterocycles. The SMILES string of the molecule is COc1ccc(/C(=N/NS(=O)(=O)c2ccc(C)cc2)c2ccccc2)cc1. The monoisotopic (exact) mass is 380 g/mol. The van der Waals surface area contributed by atoms with Gasteiger partial charge in [-0.3, -0.25) is 0 Å². The van der Waals surface area contributed by atoms with Crippen molar-refractivity contribution in [1.29, 1.82) is 0 Å². The summed E-state index contributed by atoms with van der Waals surface area (Å²) in [7, 11) is -2.17. The minimum Gasteiger partial charge on any atom is -0.497 e. The van der Waals surface area contributed by atoms with E-state index < -0.39 is 10.0 Å². The smallest absolute Gasteiger partial charge is 0.276 e. The number of ether oxygens (including phenoxy) is 1. The summed E-state index contributed by atoms with van der Waals surface area (Å²) in [6.45, 7) is 1.90. The highest BCUT2D eigenvalue weighted by atomic mass is 32.2. The van der Waals surface area contributed by atoms with Crippen molar-refractivity contribution in [2.75, 3.05) is 7.11 Å². The van der Waals surface area contributed by atoms with Crippen LogP contribution in [-0.2, 0) is 10.0 Å². The summed E-state index contributed by atoms with van der Waals surface area (Å²) >= 11 is 0. The average Bonchev–Trinajstić information content (AvgIpc) is 2.70. The van der Waals surface area contributed by atoms with Gasteiger partial charge >= 0.3 is 0 Å². The van der Waals surface area contributed by atoms with Crippen molar-refractivity contribution in [3.8, 4) is 5.75 Å². The fourth-order valence-electron chi connectivity index (χ4n) is 2.52. The zero-order valence-electron chi connectivity index (χ0n) is 15.1. The molecule has 3 aromatic rings. The highest BCUT2D eigenvalue weighted by molar-refractivity contribution is 7.89. The number of sulfonamides is 1. The molecular weight excluding hydrogens is 360 g/mol. The van der Waals surface area contributed by atoms with Crippen molar-refractivity contribution in [3.63, 3.8) is 0 Å². The van der Waals surface area contributed by atoms with Crippen LogP contribution in [0.4, 0.5) is 0 Å². The molecule has 0 aromatic heterocycles. The molecule has 0 amide bonds. The van der Waals surface area contributed by atoms with Gasteiger partial charge in [-0.2, -0.15) is 18.4 Å². The molecule has 0 aliphatic rings. The van der Waals surface area contributed by atoms with Gasteiger partial charge in [0.25, 0.3) is 10.0 Å². The quantitative estimate of drug-likeness (QED) is 0.523. The normalized spacial score (nSPS) is 11.9. The van der Waals surface area contributed by atoms with E-state index in [-0.39, 0.29) is 4.90 Å². The zero-order chi connectivity index (χ0) is 19.3. The summed E-state index contributed by atoms with van der Waals surface area (Å²) in [5, 5.41) is 4.23. The highest BCUT2D eigenvalue weighted by Gasteiger charge is 2.14. The first-order valence-electron chi connectivity index (χ1n) is 8.35. The van der Waals surface area contributed by atoms with Crippen LogP contribution in [0.3, 0.4) is 0 Å². The van der Waals surface area contributed by atoms with E-state index in [2.05, 4.69) is 9.93 Å². The third kappa shape index (κ3) is 4.54. The number of benzene rings is 3. The molecule has 0 unspecified atom stereocenters. The van der Waals surface area contributed by atoms with Gasteiger partial charge in [-0.25, -0.2) is 0 Å². The second kappa shape index (κ2) is 8.05. The van der Waals surface area contributed by atoms with Gasteiger partial charge in [0.2, 0.25) is 0 Å². The lowest BCUT2D eigenvalue weighted by Gasteiger charge is -2.10. The van der Waals surface area contributed by atoms with E-state index in [0.717, 1.165) is 16.7 Å². The maximum Gasteiger partial charge on any atom is 0.276 e. The number of nitrogens with zero attached hydrogens (tertiary/aromatic N) is 1.